The first kappa shape index (κ1) is 24.6. The number of hydrogen-bond acceptors (Lipinski definition) is 4. The molecule has 1 aliphatic rings. The van der Waals surface area contributed by atoms with Gasteiger partial charge in [-0.3, -0.25) is 14.5 Å². The zero-order valence-electron chi connectivity index (χ0n) is 19.7. The Morgan fingerprint density at radius 3 is 2.37 bits per heavy atom. The lowest BCUT2D eigenvalue weighted by Crippen LogP contribution is -2.41. The molecule has 0 radical (unpaired) electrons. The Morgan fingerprint density at radius 2 is 1.66 bits per heavy atom. The molecule has 6 nitrogen and oxygen atoms in total. The standard InChI is InChI=1S/C28H30FN3O3/c29-25-8-4-7-24(20-25)28(34)32(21-23-5-2-1-3-6-23)26-11-9-22(10-12-26)19-27(33)30-13-14-31-15-17-35-18-16-31/h1-12,20H,13-19,21H2,(H,30,33). The number of anilines is 1. The van der Waals surface area contributed by atoms with E-state index in [0.717, 1.165) is 44.0 Å². The van der Waals surface area contributed by atoms with Crippen molar-refractivity contribution in [2.75, 3.05) is 44.3 Å². The highest BCUT2D eigenvalue weighted by Gasteiger charge is 2.19. The molecule has 0 atom stereocenters. The van der Waals surface area contributed by atoms with Crippen molar-refractivity contribution in [1.82, 2.24) is 10.2 Å². The third kappa shape index (κ3) is 7.21. The third-order valence-electron chi connectivity index (χ3n) is 5.97. The number of hydrogen-bond donors (Lipinski definition) is 1. The summed E-state index contributed by atoms with van der Waals surface area (Å²) in [7, 11) is 0. The lowest BCUT2D eigenvalue weighted by molar-refractivity contribution is -0.120. The maximum absolute atomic E-state index is 13.8. The molecule has 4 rings (SSSR count). The van der Waals surface area contributed by atoms with Crippen molar-refractivity contribution in [1.29, 1.82) is 0 Å². The van der Waals surface area contributed by atoms with Crippen molar-refractivity contribution in [3.63, 3.8) is 0 Å². The molecule has 0 unspecified atom stereocenters. The number of amides is 2. The van der Waals surface area contributed by atoms with Crippen molar-refractivity contribution in [3.8, 4) is 0 Å². The molecular formula is C28H30FN3O3. The van der Waals surface area contributed by atoms with E-state index in [9.17, 15) is 14.0 Å². The monoisotopic (exact) mass is 475 g/mol. The van der Waals surface area contributed by atoms with E-state index < -0.39 is 5.82 Å². The van der Waals surface area contributed by atoms with Crippen LogP contribution in [-0.2, 0) is 22.5 Å². The van der Waals surface area contributed by atoms with Crippen LogP contribution in [0.1, 0.15) is 21.5 Å². The first-order chi connectivity index (χ1) is 17.1. The van der Waals surface area contributed by atoms with Crippen molar-refractivity contribution >= 4 is 17.5 Å². The van der Waals surface area contributed by atoms with Gasteiger partial charge in [-0.05, 0) is 41.5 Å². The normalized spacial score (nSPS) is 13.9. The molecule has 0 saturated carbocycles. The second-order valence-electron chi connectivity index (χ2n) is 8.53. The molecule has 2 amide bonds. The number of nitrogens with zero attached hydrogens (tertiary/aromatic N) is 2. The summed E-state index contributed by atoms with van der Waals surface area (Å²) in [5.41, 5.74) is 2.78. The molecule has 0 aliphatic carbocycles. The summed E-state index contributed by atoms with van der Waals surface area (Å²) in [6.07, 6.45) is 0.264. The Kier molecular flexibility index (Phi) is 8.59. The highest BCUT2D eigenvalue weighted by molar-refractivity contribution is 6.06. The highest BCUT2D eigenvalue weighted by Crippen LogP contribution is 2.22. The van der Waals surface area contributed by atoms with Gasteiger partial charge in [0, 0.05) is 37.4 Å². The minimum absolute atomic E-state index is 0.0389. The second kappa shape index (κ2) is 12.2. The summed E-state index contributed by atoms with van der Waals surface area (Å²) in [6, 6.07) is 22.7. The average Bonchev–Trinajstić information content (AvgIpc) is 2.89. The zero-order chi connectivity index (χ0) is 24.5. The molecule has 3 aromatic rings. The van der Waals surface area contributed by atoms with E-state index in [2.05, 4.69) is 10.2 Å². The summed E-state index contributed by atoms with van der Waals surface area (Å²) in [5, 5.41) is 2.97. The molecule has 0 spiro atoms. The van der Waals surface area contributed by atoms with Gasteiger partial charge in [-0.25, -0.2) is 4.39 Å². The van der Waals surface area contributed by atoms with Gasteiger partial charge < -0.3 is 15.0 Å². The topological polar surface area (TPSA) is 61.9 Å². The summed E-state index contributed by atoms with van der Waals surface area (Å²) in [6.45, 7) is 5.02. The van der Waals surface area contributed by atoms with Gasteiger partial charge in [0.15, 0.2) is 0 Å². The molecule has 35 heavy (non-hydrogen) atoms. The Hall–Kier alpha value is -3.55. The fraction of sp³-hybridized carbons (Fsp3) is 0.286. The lowest BCUT2D eigenvalue weighted by atomic mass is 10.1. The van der Waals surface area contributed by atoms with Crippen molar-refractivity contribution in [2.45, 2.75) is 13.0 Å². The Morgan fingerprint density at radius 1 is 0.914 bits per heavy atom. The molecule has 1 aliphatic heterocycles. The van der Waals surface area contributed by atoms with E-state index in [4.69, 9.17) is 4.74 Å². The molecule has 1 heterocycles. The van der Waals surface area contributed by atoms with E-state index in [1.54, 1.807) is 11.0 Å². The van der Waals surface area contributed by atoms with Crippen LogP contribution in [0.15, 0.2) is 78.9 Å². The molecule has 3 aromatic carbocycles. The van der Waals surface area contributed by atoms with Crippen molar-refractivity contribution < 1.29 is 18.7 Å². The molecule has 1 N–H and O–H groups in total. The maximum atomic E-state index is 13.8. The summed E-state index contributed by atoms with van der Waals surface area (Å²) in [4.78, 5) is 29.6. The van der Waals surface area contributed by atoms with Gasteiger partial charge in [0.2, 0.25) is 5.91 Å². The quantitative estimate of drug-likeness (QED) is 0.513. The van der Waals surface area contributed by atoms with E-state index in [1.165, 1.54) is 18.2 Å². The van der Waals surface area contributed by atoms with Crippen LogP contribution in [0.2, 0.25) is 0 Å². The van der Waals surface area contributed by atoms with Gasteiger partial charge in [-0.1, -0.05) is 48.5 Å². The summed E-state index contributed by atoms with van der Waals surface area (Å²) in [5.74, 6) is -0.782. The van der Waals surface area contributed by atoms with Crippen LogP contribution in [-0.4, -0.2) is 56.1 Å². The molecule has 7 heteroatoms. The number of carbonyl (C=O) groups is 2. The Balaban J connectivity index is 1.41. The molecule has 1 saturated heterocycles. The van der Waals surface area contributed by atoms with Crippen LogP contribution in [0.4, 0.5) is 10.1 Å². The van der Waals surface area contributed by atoms with Gasteiger partial charge in [0.25, 0.3) is 5.91 Å². The number of halogens is 1. The zero-order valence-corrected chi connectivity index (χ0v) is 19.7. The molecule has 0 aromatic heterocycles. The smallest absolute Gasteiger partial charge is 0.258 e. The van der Waals surface area contributed by atoms with Crippen molar-refractivity contribution in [3.05, 3.63) is 101 Å². The lowest BCUT2D eigenvalue weighted by Gasteiger charge is -2.26. The third-order valence-corrected chi connectivity index (χ3v) is 5.97. The van der Waals surface area contributed by atoms with Crippen LogP contribution in [0.5, 0.6) is 0 Å². The van der Waals surface area contributed by atoms with Crippen LogP contribution < -0.4 is 10.2 Å². The van der Waals surface area contributed by atoms with Crippen molar-refractivity contribution in [2.24, 2.45) is 0 Å². The SMILES string of the molecule is O=C(Cc1ccc(N(Cc2ccccc2)C(=O)c2cccc(F)c2)cc1)NCCN1CCOCC1. The van der Waals surface area contributed by atoms with Crippen LogP contribution in [0, 0.1) is 5.82 Å². The molecule has 1 fully saturated rings. The second-order valence-corrected chi connectivity index (χ2v) is 8.53. The van der Waals surface area contributed by atoms with Crippen LogP contribution in [0.3, 0.4) is 0 Å². The van der Waals surface area contributed by atoms with Crippen LogP contribution >= 0.6 is 0 Å². The Bertz CT molecular complexity index is 1120. The first-order valence-electron chi connectivity index (χ1n) is 11.9. The number of benzene rings is 3. The Labute approximate surface area is 205 Å². The van der Waals surface area contributed by atoms with Gasteiger partial charge in [0.05, 0.1) is 26.2 Å². The van der Waals surface area contributed by atoms with Crippen LogP contribution in [0.25, 0.3) is 0 Å². The largest absolute Gasteiger partial charge is 0.379 e. The van der Waals surface area contributed by atoms with Gasteiger partial charge in [-0.2, -0.15) is 0 Å². The molecule has 0 bridgehead atoms. The highest BCUT2D eigenvalue weighted by atomic mass is 19.1. The number of carbonyl (C=O) groups excluding carboxylic acids is 2. The minimum Gasteiger partial charge on any atom is -0.379 e. The number of ether oxygens (including phenoxy) is 1. The number of nitrogens with one attached hydrogen (secondary N) is 1. The first-order valence-corrected chi connectivity index (χ1v) is 11.9. The van der Waals surface area contributed by atoms with Gasteiger partial charge >= 0.3 is 0 Å². The predicted octanol–water partition coefficient (Wildman–Crippen LogP) is 3.66. The molecular weight excluding hydrogens is 445 g/mol. The minimum atomic E-state index is -0.453. The molecule has 182 valence electrons. The summed E-state index contributed by atoms with van der Waals surface area (Å²) >= 11 is 0. The van der Waals surface area contributed by atoms with Gasteiger partial charge in [0.1, 0.15) is 5.82 Å². The number of rotatable bonds is 9. The van der Waals surface area contributed by atoms with E-state index in [1.807, 2.05) is 54.6 Å². The number of morpholine rings is 1. The predicted molar refractivity (Wildman–Crippen MR) is 134 cm³/mol. The van der Waals surface area contributed by atoms with E-state index >= 15 is 0 Å². The maximum Gasteiger partial charge on any atom is 0.258 e. The summed E-state index contributed by atoms with van der Waals surface area (Å²) < 4.78 is 19.1. The average molecular weight is 476 g/mol. The van der Waals surface area contributed by atoms with Gasteiger partial charge in [-0.15, -0.1) is 0 Å². The fourth-order valence-electron chi connectivity index (χ4n) is 4.04. The van der Waals surface area contributed by atoms with E-state index in [-0.39, 0.29) is 23.8 Å². The van der Waals surface area contributed by atoms with E-state index in [0.29, 0.717) is 18.8 Å². The fourth-order valence-corrected chi connectivity index (χ4v) is 4.04.